The minimum Gasteiger partial charge on any atom is -0.353 e. The van der Waals surface area contributed by atoms with Gasteiger partial charge < -0.3 is 4.90 Å². The Morgan fingerprint density at radius 2 is 1.73 bits per heavy atom. The van der Waals surface area contributed by atoms with Gasteiger partial charge in [0.15, 0.2) is 0 Å². The summed E-state index contributed by atoms with van der Waals surface area (Å²) in [5.74, 6) is 1.08. The van der Waals surface area contributed by atoms with Crippen molar-refractivity contribution in [2.75, 3.05) is 31.1 Å². The van der Waals surface area contributed by atoms with Crippen LogP contribution in [0.5, 0.6) is 0 Å². The van der Waals surface area contributed by atoms with Crippen LogP contribution in [0.1, 0.15) is 16.7 Å². The molecule has 152 valence electrons. The molecular weight excluding hydrogens is 388 g/mol. The molecule has 0 unspecified atom stereocenters. The van der Waals surface area contributed by atoms with Gasteiger partial charge in [-0.2, -0.15) is 0 Å². The first-order chi connectivity index (χ1) is 14.7. The zero-order valence-corrected chi connectivity index (χ0v) is 18.3. The summed E-state index contributed by atoms with van der Waals surface area (Å²) in [6.07, 6.45) is 1.71. The van der Waals surface area contributed by atoms with E-state index in [2.05, 4.69) is 82.5 Å². The average molecular weight is 415 g/mol. The smallest absolute Gasteiger partial charge is 0.141 e. The number of aryl methyl sites for hydroxylation is 2. The van der Waals surface area contributed by atoms with Crippen molar-refractivity contribution >= 4 is 27.4 Å². The van der Waals surface area contributed by atoms with E-state index in [0.717, 1.165) is 43.4 Å². The van der Waals surface area contributed by atoms with Crippen LogP contribution in [0.25, 0.3) is 21.3 Å². The third-order valence-electron chi connectivity index (χ3n) is 6.00. The number of nitrogens with zero attached hydrogens (tertiary/aromatic N) is 4. The molecule has 1 fully saturated rings. The fourth-order valence-electron chi connectivity index (χ4n) is 4.31. The molecule has 0 radical (unpaired) electrons. The number of thiophene rings is 1. The Balaban J connectivity index is 1.37. The van der Waals surface area contributed by atoms with Crippen molar-refractivity contribution in [3.05, 3.63) is 76.9 Å². The van der Waals surface area contributed by atoms with Gasteiger partial charge in [0.2, 0.25) is 0 Å². The van der Waals surface area contributed by atoms with Crippen molar-refractivity contribution in [2.45, 2.75) is 20.4 Å². The van der Waals surface area contributed by atoms with Crippen LogP contribution in [0.3, 0.4) is 0 Å². The molecule has 5 rings (SSSR count). The molecule has 0 bridgehead atoms. The Morgan fingerprint density at radius 3 is 2.50 bits per heavy atom. The fourth-order valence-corrected chi connectivity index (χ4v) is 5.22. The minimum atomic E-state index is 0.987. The van der Waals surface area contributed by atoms with E-state index in [1.807, 2.05) is 0 Å². The molecule has 30 heavy (non-hydrogen) atoms. The Morgan fingerprint density at radius 1 is 0.933 bits per heavy atom. The van der Waals surface area contributed by atoms with Gasteiger partial charge in [-0.05, 0) is 30.5 Å². The molecule has 4 aromatic rings. The van der Waals surface area contributed by atoms with E-state index in [-0.39, 0.29) is 0 Å². The average Bonchev–Trinajstić information content (AvgIpc) is 3.21. The third kappa shape index (κ3) is 3.71. The first-order valence-electron chi connectivity index (χ1n) is 10.5. The van der Waals surface area contributed by atoms with E-state index >= 15 is 0 Å². The highest BCUT2D eigenvalue weighted by molar-refractivity contribution is 7.17. The predicted octanol–water partition coefficient (Wildman–Crippen LogP) is 5.30. The van der Waals surface area contributed by atoms with E-state index in [0.29, 0.717) is 0 Å². The van der Waals surface area contributed by atoms with Crippen molar-refractivity contribution in [1.29, 1.82) is 0 Å². The molecule has 5 heteroatoms. The van der Waals surface area contributed by atoms with Crippen molar-refractivity contribution in [2.24, 2.45) is 0 Å². The van der Waals surface area contributed by atoms with Gasteiger partial charge in [-0.1, -0.05) is 54.1 Å². The first-order valence-corrected chi connectivity index (χ1v) is 11.4. The molecule has 1 aliphatic rings. The summed E-state index contributed by atoms with van der Waals surface area (Å²) in [6.45, 7) is 9.46. The lowest BCUT2D eigenvalue weighted by Gasteiger charge is -2.36. The first kappa shape index (κ1) is 19.2. The Kier molecular flexibility index (Phi) is 5.23. The van der Waals surface area contributed by atoms with Gasteiger partial charge in [0, 0.05) is 43.7 Å². The second kappa shape index (κ2) is 8.17. The highest BCUT2D eigenvalue weighted by Gasteiger charge is 2.22. The largest absolute Gasteiger partial charge is 0.353 e. The Hall–Kier alpha value is -2.76. The summed E-state index contributed by atoms with van der Waals surface area (Å²) in [4.78, 5) is 15.3. The van der Waals surface area contributed by atoms with Crippen LogP contribution in [0, 0.1) is 13.8 Å². The quantitative estimate of drug-likeness (QED) is 0.454. The van der Waals surface area contributed by atoms with Crippen LogP contribution in [0.15, 0.2) is 60.2 Å². The van der Waals surface area contributed by atoms with Gasteiger partial charge in [0.1, 0.15) is 17.0 Å². The molecule has 3 heterocycles. The second-order valence-electron chi connectivity index (χ2n) is 8.09. The molecule has 0 saturated carbocycles. The molecule has 2 aromatic heterocycles. The van der Waals surface area contributed by atoms with Crippen LogP contribution < -0.4 is 4.90 Å². The van der Waals surface area contributed by atoms with E-state index in [4.69, 9.17) is 4.98 Å². The monoisotopic (exact) mass is 414 g/mol. The summed E-state index contributed by atoms with van der Waals surface area (Å²) in [6, 6.07) is 17.4. The lowest BCUT2D eigenvalue weighted by atomic mass is 10.0. The zero-order chi connectivity index (χ0) is 20.5. The van der Waals surface area contributed by atoms with Crippen LogP contribution >= 0.6 is 11.3 Å². The lowest BCUT2D eigenvalue weighted by Crippen LogP contribution is -2.46. The normalized spacial score (nSPS) is 15.1. The van der Waals surface area contributed by atoms with E-state index in [1.54, 1.807) is 17.7 Å². The van der Waals surface area contributed by atoms with Crippen LogP contribution in [0.4, 0.5) is 5.82 Å². The molecule has 1 saturated heterocycles. The van der Waals surface area contributed by atoms with E-state index < -0.39 is 0 Å². The SMILES string of the molecule is Cc1ccc(CN2CCN(c3ncnc4scc(-c5ccccc5)c34)CC2)c(C)c1. The molecular formula is C25H26N4S. The van der Waals surface area contributed by atoms with Gasteiger partial charge in [0.05, 0.1) is 5.39 Å². The third-order valence-corrected chi connectivity index (χ3v) is 6.89. The van der Waals surface area contributed by atoms with Gasteiger partial charge >= 0.3 is 0 Å². The van der Waals surface area contributed by atoms with Crippen molar-refractivity contribution in [3.63, 3.8) is 0 Å². The van der Waals surface area contributed by atoms with Crippen LogP contribution in [-0.4, -0.2) is 41.0 Å². The number of aromatic nitrogens is 2. The number of piperazine rings is 1. The Bertz CT molecular complexity index is 1160. The molecule has 0 spiro atoms. The van der Waals surface area contributed by atoms with Gasteiger partial charge in [-0.3, -0.25) is 4.90 Å². The van der Waals surface area contributed by atoms with Crippen molar-refractivity contribution in [1.82, 2.24) is 14.9 Å². The second-order valence-corrected chi connectivity index (χ2v) is 8.94. The van der Waals surface area contributed by atoms with Crippen molar-refractivity contribution in [3.8, 4) is 11.1 Å². The summed E-state index contributed by atoms with van der Waals surface area (Å²) in [5, 5.41) is 3.41. The van der Waals surface area contributed by atoms with Crippen LogP contribution in [0.2, 0.25) is 0 Å². The van der Waals surface area contributed by atoms with Crippen LogP contribution in [-0.2, 0) is 6.54 Å². The maximum atomic E-state index is 4.72. The van der Waals surface area contributed by atoms with Gasteiger partial charge in [-0.15, -0.1) is 11.3 Å². The zero-order valence-electron chi connectivity index (χ0n) is 17.5. The number of hydrogen-bond acceptors (Lipinski definition) is 5. The van der Waals surface area contributed by atoms with Gasteiger partial charge in [0.25, 0.3) is 0 Å². The molecule has 2 aromatic carbocycles. The molecule has 0 aliphatic carbocycles. The fraction of sp³-hybridized carbons (Fsp3) is 0.280. The molecule has 0 N–H and O–H groups in total. The maximum absolute atomic E-state index is 4.72. The maximum Gasteiger partial charge on any atom is 0.141 e. The summed E-state index contributed by atoms with van der Waals surface area (Å²) in [7, 11) is 0. The summed E-state index contributed by atoms with van der Waals surface area (Å²) in [5.41, 5.74) is 6.62. The predicted molar refractivity (Wildman–Crippen MR) is 126 cm³/mol. The number of anilines is 1. The minimum absolute atomic E-state index is 0.987. The number of fused-ring (bicyclic) bond motifs is 1. The Labute approximate surface area is 181 Å². The summed E-state index contributed by atoms with van der Waals surface area (Å²) >= 11 is 1.70. The highest BCUT2D eigenvalue weighted by atomic mass is 32.1. The highest BCUT2D eigenvalue weighted by Crippen LogP contribution is 2.38. The van der Waals surface area contributed by atoms with E-state index in [1.165, 1.54) is 33.2 Å². The number of rotatable bonds is 4. The van der Waals surface area contributed by atoms with E-state index in [9.17, 15) is 0 Å². The topological polar surface area (TPSA) is 32.3 Å². The molecule has 0 atom stereocenters. The lowest BCUT2D eigenvalue weighted by molar-refractivity contribution is 0.249. The molecule has 4 nitrogen and oxygen atoms in total. The molecule has 0 amide bonds. The van der Waals surface area contributed by atoms with Crippen molar-refractivity contribution < 1.29 is 0 Å². The number of benzene rings is 2. The van der Waals surface area contributed by atoms with Gasteiger partial charge in [-0.25, -0.2) is 9.97 Å². The molecule has 1 aliphatic heterocycles. The standard InChI is InChI=1S/C25H26N4S/c1-18-8-9-21(19(2)14-18)15-28-10-12-29(13-11-28)24-23-22(20-6-4-3-5-7-20)16-30-25(23)27-17-26-24/h3-9,14,16-17H,10-13,15H2,1-2H3. The summed E-state index contributed by atoms with van der Waals surface area (Å²) < 4.78 is 0. The number of hydrogen-bond donors (Lipinski definition) is 0.